The fourth-order valence-electron chi connectivity index (χ4n) is 9.07. The zero-order chi connectivity index (χ0) is 41.8. The van der Waals surface area contributed by atoms with Crippen LogP contribution >= 0.6 is 0 Å². The number of ether oxygens (including phenoxy) is 6. The Kier molecular flexibility index (Phi) is 17.0. The molecule has 3 heterocycles. The van der Waals surface area contributed by atoms with Crippen LogP contribution in [0.4, 0.5) is 0 Å². The summed E-state index contributed by atoms with van der Waals surface area (Å²) in [5.74, 6) is -0.0120. The van der Waals surface area contributed by atoms with Gasteiger partial charge in [-0.25, -0.2) is 0 Å². The Hall–Kier alpha value is -1.45. The fraction of sp³-hybridized carbons (Fsp3) is 0.927. The maximum Gasteiger partial charge on any atom is 0.311 e. The molecule has 320 valence electrons. The van der Waals surface area contributed by atoms with E-state index in [0.717, 1.165) is 0 Å². The van der Waals surface area contributed by atoms with Crippen molar-refractivity contribution in [3.05, 3.63) is 0 Å². The number of nitrogens with zero attached hydrogens (tertiary/aromatic N) is 2. The van der Waals surface area contributed by atoms with Crippen LogP contribution in [0.2, 0.25) is 0 Å². The van der Waals surface area contributed by atoms with E-state index in [1.807, 2.05) is 44.7 Å². The highest BCUT2D eigenvalue weighted by Gasteiger charge is 2.52. The van der Waals surface area contributed by atoms with Crippen LogP contribution in [0.25, 0.3) is 0 Å². The molecule has 55 heavy (non-hydrogen) atoms. The van der Waals surface area contributed by atoms with E-state index >= 15 is 0 Å². The van der Waals surface area contributed by atoms with E-state index in [1.165, 1.54) is 14.0 Å². The van der Waals surface area contributed by atoms with Crippen LogP contribution in [-0.4, -0.2) is 166 Å². The van der Waals surface area contributed by atoms with Gasteiger partial charge in [0, 0.05) is 51.0 Å². The van der Waals surface area contributed by atoms with E-state index in [-0.39, 0.29) is 37.3 Å². The maximum absolute atomic E-state index is 14.3. The molecule has 1 unspecified atom stereocenters. The van der Waals surface area contributed by atoms with E-state index in [2.05, 4.69) is 5.92 Å². The minimum Gasteiger partial charge on any atom is -0.459 e. The van der Waals surface area contributed by atoms with Gasteiger partial charge in [-0.05, 0) is 87.7 Å². The monoisotopic (exact) mass is 787 g/mol. The predicted octanol–water partition coefficient (Wildman–Crippen LogP) is 2.29. The van der Waals surface area contributed by atoms with Gasteiger partial charge in [0.1, 0.15) is 30.0 Å². The van der Waals surface area contributed by atoms with E-state index in [4.69, 9.17) is 34.8 Å². The first-order valence-corrected chi connectivity index (χ1v) is 20.2. The van der Waals surface area contributed by atoms with Crippen molar-refractivity contribution in [2.75, 3.05) is 34.3 Å². The molecule has 0 saturated carbocycles. The molecule has 18 atom stereocenters. The summed E-state index contributed by atoms with van der Waals surface area (Å²) < 4.78 is 37.7. The minimum atomic E-state index is -1.81. The SMILES string of the molecule is C#CCCN(C)[C@H]1C[C@@H](C)O[C@@H](O[C@@H]2[C@@H](C)[C@H](O[C@H]3C[C@@](C)(OC)[C@@H](O)[C@H](C)O3)[C@@H](C)C(=O)O[C@H](CC)[C@@](C)(O)[C@H](O)C(C)N(C)C[C@H](C)C[C@@]2(C)O)[C@@H]1O. The van der Waals surface area contributed by atoms with Gasteiger partial charge in [0.15, 0.2) is 12.6 Å². The summed E-state index contributed by atoms with van der Waals surface area (Å²) in [5, 5.41) is 58.6. The maximum atomic E-state index is 14.3. The summed E-state index contributed by atoms with van der Waals surface area (Å²) in [6.07, 6.45) is -2.52. The van der Waals surface area contributed by atoms with Crippen molar-refractivity contribution in [2.45, 2.75) is 192 Å². The van der Waals surface area contributed by atoms with Crippen LogP contribution in [0, 0.1) is 30.1 Å². The zero-order valence-electron chi connectivity index (χ0n) is 35.7. The second kappa shape index (κ2) is 19.5. The van der Waals surface area contributed by atoms with Crippen molar-refractivity contribution in [3.63, 3.8) is 0 Å². The number of hydrogen-bond donors (Lipinski definition) is 5. The molecule has 0 spiro atoms. The number of esters is 1. The van der Waals surface area contributed by atoms with Crippen LogP contribution in [0.5, 0.6) is 0 Å². The molecule has 0 bridgehead atoms. The molecule has 5 N–H and O–H groups in total. The molecular weight excluding hydrogens is 712 g/mol. The lowest BCUT2D eigenvalue weighted by Gasteiger charge is -2.49. The number of methoxy groups -OCH3 is 1. The largest absolute Gasteiger partial charge is 0.459 e. The lowest BCUT2D eigenvalue weighted by atomic mass is 9.77. The number of carbonyl (C=O) groups excluding carboxylic acids is 1. The van der Waals surface area contributed by atoms with Crippen molar-refractivity contribution in [2.24, 2.45) is 17.8 Å². The Labute approximate surface area is 330 Å². The molecule has 3 fully saturated rings. The molecule has 0 aromatic heterocycles. The number of hydrogen-bond acceptors (Lipinski definition) is 14. The van der Waals surface area contributed by atoms with Crippen molar-refractivity contribution < 1.29 is 58.7 Å². The molecule has 0 amide bonds. The molecule has 0 radical (unpaired) electrons. The summed E-state index contributed by atoms with van der Waals surface area (Å²) in [6, 6.07) is -0.897. The molecule has 0 aromatic carbocycles. The van der Waals surface area contributed by atoms with Crippen LogP contribution in [0.15, 0.2) is 0 Å². The number of terminal acetylenes is 1. The number of rotatable bonds is 9. The molecule has 0 aromatic rings. The summed E-state index contributed by atoms with van der Waals surface area (Å²) >= 11 is 0. The summed E-state index contributed by atoms with van der Waals surface area (Å²) in [4.78, 5) is 18.2. The highest BCUT2D eigenvalue weighted by molar-refractivity contribution is 5.73. The molecular formula is C41H74N2O12. The Bertz CT molecular complexity index is 1260. The van der Waals surface area contributed by atoms with Gasteiger partial charge in [-0.3, -0.25) is 9.69 Å². The quantitative estimate of drug-likeness (QED) is 0.170. The van der Waals surface area contributed by atoms with Gasteiger partial charge in [-0.15, -0.1) is 12.3 Å². The number of carbonyl (C=O) groups is 1. The average Bonchev–Trinajstić information content (AvgIpc) is 3.11. The lowest BCUT2D eigenvalue weighted by molar-refractivity contribution is -0.318. The lowest BCUT2D eigenvalue weighted by Crippen LogP contribution is -2.60. The van der Waals surface area contributed by atoms with Gasteiger partial charge in [0.05, 0.1) is 41.5 Å². The standard InChI is InChI=1S/C41H74N2O12/c1-15-17-18-42(12)29-19-24(4)51-38(32(29)44)55-36-25(5)33(54-31-21-40(10,50-14)35(46)28(8)52-31)26(6)37(47)53-30(16-2)41(11,49)34(45)27(7)43(13)22-23(3)20-39(36,9)48/h1,23-36,38,44-46,48-49H,16-22H2,2-14H3/t23-,24-,25+,26-,27?,28+,29+,30-,31+,32-,33+,34-,35+,36-,38+,39-,40-,41-/m1/s1. The van der Waals surface area contributed by atoms with Gasteiger partial charge < -0.3 is 58.9 Å². The predicted molar refractivity (Wildman–Crippen MR) is 207 cm³/mol. The van der Waals surface area contributed by atoms with Crippen molar-refractivity contribution in [1.82, 2.24) is 9.80 Å². The Morgan fingerprint density at radius 2 is 1.64 bits per heavy atom. The van der Waals surface area contributed by atoms with Gasteiger partial charge >= 0.3 is 5.97 Å². The first-order valence-electron chi connectivity index (χ1n) is 20.2. The van der Waals surface area contributed by atoms with Crippen molar-refractivity contribution in [3.8, 4) is 12.3 Å². The van der Waals surface area contributed by atoms with Crippen molar-refractivity contribution in [1.29, 1.82) is 0 Å². The first kappa shape index (κ1) is 47.9. The Morgan fingerprint density at radius 1 is 1.00 bits per heavy atom. The summed E-state index contributed by atoms with van der Waals surface area (Å²) in [7, 11) is 5.24. The second-order valence-electron chi connectivity index (χ2n) is 17.6. The molecule has 14 nitrogen and oxygen atoms in total. The number of cyclic esters (lactones) is 1. The number of likely N-dealkylation sites (N-methyl/N-ethyl adjacent to an activating group) is 2. The zero-order valence-corrected chi connectivity index (χ0v) is 35.7. The van der Waals surface area contributed by atoms with Gasteiger partial charge in [-0.1, -0.05) is 20.8 Å². The smallest absolute Gasteiger partial charge is 0.311 e. The average molecular weight is 787 g/mol. The Balaban J connectivity index is 2.17. The van der Waals surface area contributed by atoms with Crippen LogP contribution in [-0.2, 0) is 33.2 Å². The first-order chi connectivity index (χ1) is 25.4. The minimum absolute atomic E-state index is 0.120. The van der Waals surface area contributed by atoms with Crippen LogP contribution in [0.3, 0.4) is 0 Å². The van der Waals surface area contributed by atoms with Crippen molar-refractivity contribution >= 4 is 5.97 Å². The molecule has 3 aliphatic heterocycles. The normalized spacial score (nSPS) is 47.4. The van der Waals surface area contributed by atoms with Gasteiger partial charge in [-0.2, -0.15) is 0 Å². The molecule has 3 aliphatic rings. The third-order valence-electron chi connectivity index (χ3n) is 12.7. The number of aliphatic hydroxyl groups is 5. The van der Waals surface area contributed by atoms with Gasteiger partial charge in [0.2, 0.25) is 0 Å². The molecule has 14 heteroatoms. The summed E-state index contributed by atoms with van der Waals surface area (Å²) in [6.45, 7) is 18.5. The molecule has 3 rings (SSSR count). The third-order valence-corrected chi connectivity index (χ3v) is 12.7. The van der Waals surface area contributed by atoms with Crippen LogP contribution < -0.4 is 0 Å². The fourth-order valence-corrected chi connectivity index (χ4v) is 9.07. The second-order valence-corrected chi connectivity index (χ2v) is 17.6. The van der Waals surface area contributed by atoms with E-state index in [0.29, 0.717) is 25.9 Å². The van der Waals surface area contributed by atoms with Gasteiger partial charge in [0.25, 0.3) is 0 Å². The van der Waals surface area contributed by atoms with E-state index in [1.54, 1.807) is 41.5 Å². The highest BCUT2D eigenvalue weighted by Crippen LogP contribution is 2.40. The third kappa shape index (κ3) is 11.2. The van der Waals surface area contributed by atoms with E-state index < -0.39 is 96.0 Å². The topological polar surface area (TPSA) is 180 Å². The van der Waals surface area contributed by atoms with Crippen LogP contribution in [0.1, 0.15) is 101 Å². The molecule has 3 saturated heterocycles. The number of aliphatic hydroxyl groups excluding tert-OH is 3. The highest BCUT2D eigenvalue weighted by atomic mass is 16.7. The Morgan fingerprint density at radius 3 is 2.22 bits per heavy atom. The van der Waals surface area contributed by atoms with E-state index in [9.17, 15) is 30.3 Å². The summed E-state index contributed by atoms with van der Waals surface area (Å²) in [5.41, 5.74) is -4.43. The molecule has 0 aliphatic carbocycles.